The van der Waals surface area contributed by atoms with Gasteiger partial charge in [-0.2, -0.15) is 5.10 Å². The van der Waals surface area contributed by atoms with Crippen molar-refractivity contribution in [2.24, 2.45) is 12.8 Å². The molecule has 3 rings (SSSR count). The molecule has 0 spiro atoms. The third-order valence-electron chi connectivity index (χ3n) is 2.99. The second-order valence-electron chi connectivity index (χ2n) is 4.22. The van der Waals surface area contributed by atoms with Gasteiger partial charge in [0.15, 0.2) is 0 Å². The van der Waals surface area contributed by atoms with Crippen molar-refractivity contribution in [1.29, 1.82) is 0 Å². The zero-order valence-electron chi connectivity index (χ0n) is 9.95. The first-order valence-electron chi connectivity index (χ1n) is 5.69. The summed E-state index contributed by atoms with van der Waals surface area (Å²) >= 11 is 1.34. The Balaban J connectivity index is 1.96. The predicted molar refractivity (Wildman–Crippen MR) is 71.3 cm³/mol. The molecular formula is C12H13N5S. The van der Waals surface area contributed by atoms with Crippen LogP contribution in [0.5, 0.6) is 0 Å². The van der Waals surface area contributed by atoms with Gasteiger partial charge in [0.1, 0.15) is 0 Å². The van der Waals surface area contributed by atoms with E-state index in [1.165, 1.54) is 11.5 Å². The summed E-state index contributed by atoms with van der Waals surface area (Å²) < 4.78 is 5.73. The molecule has 2 aromatic heterocycles. The molecule has 92 valence electrons. The number of fused-ring (bicyclic) bond motifs is 1. The second-order valence-corrected chi connectivity index (χ2v) is 5.04. The lowest BCUT2D eigenvalue weighted by molar-refractivity contribution is 0.690. The van der Waals surface area contributed by atoms with Crippen LogP contribution in [0.1, 0.15) is 16.6 Å². The number of para-hydroxylation sites is 1. The van der Waals surface area contributed by atoms with Crippen LogP contribution in [0.25, 0.3) is 10.9 Å². The van der Waals surface area contributed by atoms with Gasteiger partial charge in [0.25, 0.3) is 0 Å². The minimum atomic E-state index is -0.0942. The lowest BCUT2D eigenvalue weighted by Gasteiger charge is -2.05. The summed E-state index contributed by atoms with van der Waals surface area (Å²) in [6.07, 6.45) is 2.42. The van der Waals surface area contributed by atoms with E-state index in [0.717, 1.165) is 21.5 Å². The molecule has 1 aromatic carbocycles. The van der Waals surface area contributed by atoms with Gasteiger partial charge < -0.3 is 5.73 Å². The molecule has 0 fully saturated rings. The molecule has 0 bridgehead atoms. The highest BCUT2D eigenvalue weighted by Gasteiger charge is 2.14. The fourth-order valence-corrected chi connectivity index (χ4v) is 2.59. The smallest absolute Gasteiger partial charge is 0.0722 e. The number of benzene rings is 1. The van der Waals surface area contributed by atoms with Gasteiger partial charge in [-0.3, -0.25) is 4.68 Å². The van der Waals surface area contributed by atoms with Crippen LogP contribution in [-0.4, -0.2) is 19.4 Å². The Morgan fingerprint density at radius 3 is 3.00 bits per heavy atom. The van der Waals surface area contributed by atoms with Crippen molar-refractivity contribution in [1.82, 2.24) is 19.4 Å². The molecule has 3 aromatic rings. The van der Waals surface area contributed by atoms with Gasteiger partial charge >= 0.3 is 0 Å². The normalized spacial score (nSPS) is 13.0. The van der Waals surface area contributed by atoms with Crippen molar-refractivity contribution in [2.45, 2.75) is 12.5 Å². The highest BCUT2D eigenvalue weighted by molar-refractivity contribution is 7.05. The highest BCUT2D eigenvalue weighted by atomic mass is 32.1. The third-order valence-corrected chi connectivity index (χ3v) is 3.79. The molecule has 0 saturated carbocycles. The van der Waals surface area contributed by atoms with Crippen LogP contribution in [0.4, 0.5) is 0 Å². The SMILES string of the molecule is Cn1nc(CC(N)c2cnns2)c2ccccc21. The lowest BCUT2D eigenvalue weighted by Crippen LogP contribution is -2.12. The van der Waals surface area contributed by atoms with E-state index in [0.29, 0.717) is 6.42 Å². The Hall–Kier alpha value is -1.79. The Kier molecular flexibility index (Phi) is 2.81. The first-order valence-corrected chi connectivity index (χ1v) is 6.46. The van der Waals surface area contributed by atoms with Crippen molar-refractivity contribution in [2.75, 3.05) is 0 Å². The average Bonchev–Trinajstić information content (AvgIpc) is 3.00. The molecule has 1 atom stereocenters. The van der Waals surface area contributed by atoms with E-state index in [4.69, 9.17) is 5.73 Å². The quantitative estimate of drug-likeness (QED) is 0.776. The van der Waals surface area contributed by atoms with E-state index >= 15 is 0 Å². The van der Waals surface area contributed by atoms with Gasteiger partial charge in [-0.05, 0) is 17.6 Å². The van der Waals surface area contributed by atoms with Crippen LogP contribution in [0.2, 0.25) is 0 Å². The minimum absolute atomic E-state index is 0.0942. The maximum atomic E-state index is 6.15. The summed E-state index contributed by atoms with van der Waals surface area (Å²) in [6, 6.07) is 8.08. The first kappa shape index (κ1) is 11.3. The van der Waals surface area contributed by atoms with E-state index in [9.17, 15) is 0 Å². The third kappa shape index (κ3) is 1.89. The molecule has 2 N–H and O–H groups in total. The van der Waals surface area contributed by atoms with Gasteiger partial charge in [-0.15, -0.1) is 5.10 Å². The summed E-state index contributed by atoms with van der Waals surface area (Å²) in [5.74, 6) is 0. The zero-order valence-corrected chi connectivity index (χ0v) is 10.8. The summed E-state index contributed by atoms with van der Waals surface area (Å²) in [4.78, 5) is 0.990. The number of nitrogens with two attached hydrogens (primary N) is 1. The highest BCUT2D eigenvalue weighted by Crippen LogP contribution is 2.23. The second kappa shape index (κ2) is 4.47. The molecule has 0 radical (unpaired) electrons. The Labute approximate surface area is 108 Å². The topological polar surface area (TPSA) is 69.6 Å². The summed E-state index contributed by atoms with van der Waals surface area (Å²) in [5.41, 5.74) is 8.30. The van der Waals surface area contributed by atoms with Crippen LogP contribution >= 0.6 is 11.5 Å². The Morgan fingerprint density at radius 2 is 2.22 bits per heavy atom. The van der Waals surface area contributed by atoms with Crippen molar-refractivity contribution < 1.29 is 0 Å². The average molecular weight is 259 g/mol. The number of rotatable bonds is 3. The number of hydrogen-bond acceptors (Lipinski definition) is 5. The fourth-order valence-electron chi connectivity index (χ4n) is 2.09. The maximum Gasteiger partial charge on any atom is 0.0722 e. The van der Waals surface area contributed by atoms with Gasteiger partial charge in [-0.25, -0.2) is 0 Å². The van der Waals surface area contributed by atoms with E-state index in [1.807, 2.05) is 23.9 Å². The fraction of sp³-hybridized carbons (Fsp3) is 0.250. The summed E-state index contributed by atoms with van der Waals surface area (Å²) in [6.45, 7) is 0. The largest absolute Gasteiger partial charge is 0.323 e. The molecule has 2 heterocycles. The number of aromatic nitrogens is 4. The molecule has 0 aliphatic rings. The molecule has 0 aliphatic heterocycles. The standard InChI is InChI=1S/C12H13N5S/c1-17-11-5-3-2-4-8(11)10(15-17)6-9(13)12-7-14-16-18-12/h2-5,7,9H,6,13H2,1H3. The van der Waals surface area contributed by atoms with E-state index in [2.05, 4.69) is 26.8 Å². The van der Waals surface area contributed by atoms with E-state index in [1.54, 1.807) is 6.20 Å². The van der Waals surface area contributed by atoms with Crippen molar-refractivity contribution in [3.63, 3.8) is 0 Å². The first-order chi connectivity index (χ1) is 8.75. The Morgan fingerprint density at radius 1 is 1.39 bits per heavy atom. The van der Waals surface area contributed by atoms with Crippen LogP contribution in [0, 0.1) is 0 Å². The molecule has 0 saturated heterocycles. The van der Waals surface area contributed by atoms with Gasteiger partial charge in [-0.1, -0.05) is 22.7 Å². The van der Waals surface area contributed by atoms with Crippen molar-refractivity contribution in [3.8, 4) is 0 Å². The van der Waals surface area contributed by atoms with Gasteiger partial charge in [0.05, 0.1) is 22.3 Å². The van der Waals surface area contributed by atoms with Crippen molar-refractivity contribution in [3.05, 3.63) is 41.0 Å². The van der Waals surface area contributed by atoms with E-state index in [-0.39, 0.29) is 6.04 Å². The molecule has 18 heavy (non-hydrogen) atoms. The van der Waals surface area contributed by atoms with Crippen LogP contribution in [0.15, 0.2) is 30.5 Å². The summed E-state index contributed by atoms with van der Waals surface area (Å²) in [7, 11) is 1.95. The molecule has 1 unspecified atom stereocenters. The number of nitrogens with zero attached hydrogens (tertiary/aromatic N) is 4. The molecular weight excluding hydrogens is 246 g/mol. The predicted octanol–water partition coefficient (Wildman–Crippen LogP) is 1.67. The molecule has 5 nitrogen and oxygen atoms in total. The molecule has 0 amide bonds. The van der Waals surface area contributed by atoms with E-state index < -0.39 is 0 Å². The Bertz CT molecular complexity index is 658. The minimum Gasteiger partial charge on any atom is -0.323 e. The van der Waals surface area contributed by atoms with Crippen molar-refractivity contribution >= 4 is 22.4 Å². The maximum absolute atomic E-state index is 6.15. The zero-order chi connectivity index (χ0) is 12.5. The number of aryl methyl sites for hydroxylation is 1. The lowest BCUT2D eigenvalue weighted by atomic mass is 10.1. The summed E-state index contributed by atoms with van der Waals surface area (Å²) in [5, 5.41) is 9.52. The van der Waals surface area contributed by atoms with Gasteiger partial charge in [0, 0.05) is 24.9 Å². The molecule has 0 aliphatic carbocycles. The van der Waals surface area contributed by atoms with Gasteiger partial charge in [0.2, 0.25) is 0 Å². The van der Waals surface area contributed by atoms with Crippen LogP contribution in [0.3, 0.4) is 0 Å². The number of hydrogen-bond donors (Lipinski definition) is 1. The monoisotopic (exact) mass is 259 g/mol. The molecule has 6 heteroatoms. The van der Waals surface area contributed by atoms with Crippen LogP contribution in [-0.2, 0) is 13.5 Å². The van der Waals surface area contributed by atoms with Crippen LogP contribution < -0.4 is 5.73 Å².